The third-order valence-corrected chi connectivity index (χ3v) is 6.12. The molecule has 1 saturated heterocycles. The molecule has 2 aromatic carbocycles. The maximum atomic E-state index is 8.84. The predicted octanol–water partition coefficient (Wildman–Crippen LogP) is 3.93. The highest BCUT2D eigenvalue weighted by molar-refractivity contribution is 5.34. The number of benzene rings is 2. The molecule has 1 fully saturated rings. The lowest BCUT2D eigenvalue weighted by atomic mass is 9.81. The van der Waals surface area contributed by atoms with Crippen molar-refractivity contribution in [3.63, 3.8) is 0 Å². The molecule has 4 nitrogen and oxygen atoms in total. The quantitative estimate of drug-likeness (QED) is 0.778. The monoisotopic (exact) mass is 375 g/mol. The highest BCUT2D eigenvalue weighted by Gasteiger charge is 2.30. The van der Waals surface area contributed by atoms with Gasteiger partial charge in [0.15, 0.2) is 0 Å². The van der Waals surface area contributed by atoms with E-state index in [4.69, 9.17) is 10.00 Å². The van der Waals surface area contributed by atoms with Gasteiger partial charge in [-0.2, -0.15) is 5.26 Å². The minimum Gasteiger partial charge on any atom is -0.494 e. The third-order valence-electron chi connectivity index (χ3n) is 6.12. The number of rotatable bonds is 6. The zero-order valence-corrected chi connectivity index (χ0v) is 16.4. The number of nitrogens with zero attached hydrogens (tertiary/aromatic N) is 2. The Labute approximate surface area is 168 Å². The molecule has 28 heavy (non-hydrogen) atoms. The van der Waals surface area contributed by atoms with Crippen molar-refractivity contribution in [3.05, 3.63) is 65.2 Å². The summed E-state index contributed by atoms with van der Waals surface area (Å²) in [6, 6.07) is 19.0. The standard InChI is InChI=1S/C24H29N3O/c25-18-19-6-8-22(9-7-19)28-17-3-14-27-15-11-21(12-16-27)24-23-5-2-1-4-20(23)10-13-26-24/h1-2,4-9,21,24,26H,3,10-17H2. The van der Waals surface area contributed by atoms with Gasteiger partial charge in [0.2, 0.25) is 0 Å². The Balaban J connectivity index is 1.19. The van der Waals surface area contributed by atoms with Crippen molar-refractivity contribution in [1.29, 1.82) is 5.26 Å². The normalized spacial score (nSPS) is 20.3. The van der Waals surface area contributed by atoms with Crippen LogP contribution < -0.4 is 10.1 Å². The van der Waals surface area contributed by atoms with Gasteiger partial charge in [0.05, 0.1) is 18.2 Å². The molecule has 1 unspecified atom stereocenters. The zero-order valence-electron chi connectivity index (χ0n) is 16.4. The van der Waals surface area contributed by atoms with Gasteiger partial charge in [0.25, 0.3) is 0 Å². The van der Waals surface area contributed by atoms with Crippen molar-refractivity contribution in [1.82, 2.24) is 10.2 Å². The minimum atomic E-state index is 0.534. The van der Waals surface area contributed by atoms with Crippen LogP contribution in [0.5, 0.6) is 5.75 Å². The van der Waals surface area contributed by atoms with E-state index in [0.29, 0.717) is 11.6 Å². The first kappa shape index (κ1) is 19.0. The summed E-state index contributed by atoms with van der Waals surface area (Å²) < 4.78 is 5.81. The summed E-state index contributed by atoms with van der Waals surface area (Å²) in [4.78, 5) is 2.58. The Morgan fingerprint density at radius 1 is 1.07 bits per heavy atom. The second-order valence-electron chi connectivity index (χ2n) is 7.90. The minimum absolute atomic E-state index is 0.534. The number of hydrogen-bond donors (Lipinski definition) is 1. The van der Waals surface area contributed by atoms with Crippen molar-refractivity contribution < 1.29 is 4.74 Å². The molecule has 1 atom stereocenters. The van der Waals surface area contributed by atoms with E-state index in [-0.39, 0.29) is 0 Å². The fourth-order valence-electron chi connectivity index (χ4n) is 4.57. The van der Waals surface area contributed by atoms with Crippen molar-refractivity contribution in [2.75, 3.05) is 32.8 Å². The largest absolute Gasteiger partial charge is 0.494 e. The number of nitrogens with one attached hydrogen (secondary N) is 1. The van der Waals surface area contributed by atoms with Crippen LogP contribution in [0.2, 0.25) is 0 Å². The maximum absolute atomic E-state index is 8.84. The first-order valence-electron chi connectivity index (χ1n) is 10.5. The van der Waals surface area contributed by atoms with Gasteiger partial charge < -0.3 is 15.0 Å². The summed E-state index contributed by atoms with van der Waals surface area (Å²) in [5.41, 5.74) is 3.74. The van der Waals surface area contributed by atoms with E-state index in [2.05, 4.69) is 40.6 Å². The fraction of sp³-hybridized carbons (Fsp3) is 0.458. The summed E-state index contributed by atoms with van der Waals surface area (Å²) >= 11 is 0. The summed E-state index contributed by atoms with van der Waals surface area (Å²) in [7, 11) is 0. The topological polar surface area (TPSA) is 48.3 Å². The van der Waals surface area contributed by atoms with Crippen LogP contribution in [0.4, 0.5) is 0 Å². The lowest BCUT2D eigenvalue weighted by Gasteiger charge is -2.39. The van der Waals surface area contributed by atoms with Crippen LogP contribution in [0.15, 0.2) is 48.5 Å². The number of likely N-dealkylation sites (tertiary alicyclic amines) is 1. The molecule has 2 heterocycles. The number of nitriles is 1. The Morgan fingerprint density at radius 3 is 2.64 bits per heavy atom. The molecule has 0 amide bonds. The van der Waals surface area contributed by atoms with Crippen molar-refractivity contribution >= 4 is 0 Å². The lowest BCUT2D eigenvalue weighted by molar-refractivity contribution is 0.147. The SMILES string of the molecule is N#Cc1ccc(OCCCN2CCC(C3NCCc4ccccc43)CC2)cc1. The van der Waals surface area contributed by atoms with Crippen LogP contribution in [0.3, 0.4) is 0 Å². The van der Waals surface area contributed by atoms with Gasteiger partial charge >= 0.3 is 0 Å². The molecule has 2 aliphatic rings. The van der Waals surface area contributed by atoms with Crippen molar-refractivity contribution in [2.45, 2.75) is 31.7 Å². The van der Waals surface area contributed by atoms with Crippen molar-refractivity contribution in [2.24, 2.45) is 5.92 Å². The average molecular weight is 376 g/mol. The molecular weight excluding hydrogens is 346 g/mol. The van der Waals surface area contributed by atoms with Gasteiger partial charge in [-0.1, -0.05) is 24.3 Å². The van der Waals surface area contributed by atoms with Gasteiger partial charge in [-0.25, -0.2) is 0 Å². The van der Waals surface area contributed by atoms with Gasteiger partial charge in [-0.15, -0.1) is 0 Å². The van der Waals surface area contributed by atoms with E-state index in [1.165, 1.54) is 37.1 Å². The number of ether oxygens (including phenoxy) is 1. The summed E-state index contributed by atoms with van der Waals surface area (Å²) in [6.07, 6.45) is 4.73. The molecule has 0 aromatic heterocycles. The van der Waals surface area contributed by atoms with Crippen LogP contribution in [0.1, 0.15) is 42.0 Å². The summed E-state index contributed by atoms with van der Waals surface area (Å²) in [5, 5.41) is 12.6. The Hall–Kier alpha value is -2.35. The van der Waals surface area contributed by atoms with Crippen LogP contribution in [0, 0.1) is 17.2 Å². The van der Waals surface area contributed by atoms with E-state index in [9.17, 15) is 0 Å². The summed E-state index contributed by atoms with van der Waals surface area (Å²) in [6.45, 7) is 5.29. The highest BCUT2D eigenvalue weighted by atomic mass is 16.5. The Kier molecular flexibility index (Phi) is 6.26. The second-order valence-corrected chi connectivity index (χ2v) is 7.90. The van der Waals surface area contributed by atoms with Gasteiger partial charge in [0.1, 0.15) is 5.75 Å². The van der Waals surface area contributed by atoms with Gasteiger partial charge in [-0.05, 0) is 86.6 Å². The number of fused-ring (bicyclic) bond motifs is 1. The molecule has 2 aromatic rings. The second kappa shape index (κ2) is 9.23. The van der Waals surface area contributed by atoms with Crippen molar-refractivity contribution in [3.8, 4) is 11.8 Å². The molecule has 0 bridgehead atoms. The number of hydrogen-bond acceptors (Lipinski definition) is 4. The molecule has 0 radical (unpaired) electrons. The zero-order chi connectivity index (χ0) is 19.2. The first-order chi connectivity index (χ1) is 13.8. The molecule has 4 rings (SSSR count). The average Bonchev–Trinajstić information content (AvgIpc) is 2.77. The molecular formula is C24H29N3O. The van der Waals surface area contributed by atoms with E-state index in [0.717, 1.165) is 44.2 Å². The van der Waals surface area contributed by atoms with Crippen LogP contribution in [-0.4, -0.2) is 37.7 Å². The number of piperidine rings is 1. The van der Waals surface area contributed by atoms with Crippen LogP contribution >= 0.6 is 0 Å². The maximum Gasteiger partial charge on any atom is 0.119 e. The molecule has 0 saturated carbocycles. The Bertz CT molecular complexity index is 803. The van der Waals surface area contributed by atoms with Crippen LogP contribution in [0.25, 0.3) is 0 Å². The molecule has 0 spiro atoms. The van der Waals surface area contributed by atoms with E-state index in [1.54, 1.807) is 12.1 Å². The van der Waals surface area contributed by atoms with E-state index >= 15 is 0 Å². The molecule has 0 aliphatic carbocycles. The molecule has 146 valence electrons. The molecule has 2 aliphatic heterocycles. The van der Waals surface area contributed by atoms with Crippen LogP contribution in [-0.2, 0) is 6.42 Å². The van der Waals surface area contributed by atoms with Gasteiger partial charge in [0, 0.05) is 12.6 Å². The Morgan fingerprint density at radius 2 is 1.86 bits per heavy atom. The van der Waals surface area contributed by atoms with E-state index in [1.807, 2.05) is 12.1 Å². The molecule has 4 heteroatoms. The fourth-order valence-corrected chi connectivity index (χ4v) is 4.57. The molecule has 1 N–H and O–H groups in total. The first-order valence-corrected chi connectivity index (χ1v) is 10.5. The van der Waals surface area contributed by atoms with Gasteiger partial charge in [-0.3, -0.25) is 0 Å². The smallest absolute Gasteiger partial charge is 0.119 e. The highest BCUT2D eigenvalue weighted by Crippen LogP contribution is 2.34. The lowest BCUT2D eigenvalue weighted by Crippen LogP contribution is -2.41. The predicted molar refractivity (Wildman–Crippen MR) is 111 cm³/mol. The summed E-state index contributed by atoms with van der Waals surface area (Å²) in [5.74, 6) is 1.59. The van der Waals surface area contributed by atoms with E-state index < -0.39 is 0 Å². The third kappa shape index (κ3) is 4.55.